The Bertz CT molecular complexity index is 4130. The topological polar surface area (TPSA) is 35.1 Å². The fourth-order valence-electron chi connectivity index (χ4n) is 10.5. The molecule has 14 rings (SSSR count). The van der Waals surface area contributed by atoms with E-state index in [2.05, 4.69) is 203 Å². The summed E-state index contributed by atoms with van der Waals surface area (Å²) in [5, 5.41) is 15.9. The molecule has 0 spiro atoms. The fraction of sp³-hybridized carbons (Fsp3) is 0. The molecule has 0 fully saturated rings. The average Bonchev–Trinajstić information content (AvgIpc) is 3.96. The van der Waals surface area contributed by atoms with Crippen LogP contribution in [0.4, 0.5) is 0 Å². The van der Waals surface area contributed by atoms with Gasteiger partial charge in [-0.1, -0.05) is 158 Å². The molecule has 0 amide bonds. The Kier molecular flexibility index (Phi) is 6.26. The second-order valence-corrected chi connectivity index (χ2v) is 16.1. The van der Waals surface area contributed by atoms with Crippen LogP contribution in [0.15, 0.2) is 194 Å². The lowest BCUT2D eigenvalue weighted by Gasteiger charge is -2.17. The van der Waals surface area contributed by atoms with E-state index in [0.717, 1.165) is 50.0 Å². The second-order valence-electron chi connectivity index (χ2n) is 16.1. The number of benzene rings is 10. The van der Waals surface area contributed by atoms with Crippen molar-refractivity contribution in [2.24, 2.45) is 0 Å². The number of fused-ring (bicyclic) bond motifs is 15. The molecule has 0 atom stereocenters. The minimum Gasteiger partial charge on any atom is -0.308 e. The molecule has 0 saturated heterocycles. The first kappa shape index (κ1) is 31.9. The van der Waals surface area contributed by atoms with E-state index in [0.29, 0.717) is 0 Å². The molecule has 276 valence electrons. The zero-order valence-corrected chi connectivity index (χ0v) is 32.3. The summed E-state index contributed by atoms with van der Waals surface area (Å²) >= 11 is 0. The summed E-state index contributed by atoms with van der Waals surface area (Å²) in [6.07, 6.45) is 0. The minimum absolute atomic E-state index is 0.721. The van der Waals surface area contributed by atoms with Crippen LogP contribution >= 0.6 is 0 Å². The van der Waals surface area contributed by atoms with Gasteiger partial charge in [-0.15, -0.1) is 0 Å². The largest absolute Gasteiger partial charge is 0.308 e. The average molecular weight is 761 g/mol. The van der Waals surface area contributed by atoms with E-state index in [1.807, 2.05) is 0 Å². The molecule has 0 aliphatic rings. The monoisotopic (exact) mass is 760 g/mol. The summed E-state index contributed by atoms with van der Waals surface area (Å²) < 4.78 is 5.02. The number of aromatic nitrogens is 4. The Balaban J connectivity index is 1.08. The van der Waals surface area contributed by atoms with Crippen molar-refractivity contribution in [3.63, 3.8) is 0 Å². The third-order valence-electron chi connectivity index (χ3n) is 13.0. The van der Waals surface area contributed by atoms with Crippen LogP contribution < -0.4 is 0 Å². The van der Waals surface area contributed by atoms with Gasteiger partial charge in [0.1, 0.15) is 0 Å². The van der Waals surface area contributed by atoms with Gasteiger partial charge < -0.3 is 8.97 Å². The summed E-state index contributed by atoms with van der Waals surface area (Å²) in [7, 11) is 0. The van der Waals surface area contributed by atoms with E-state index in [1.165, 1.54) is 81.4 Å². The first-order valence-electron chi connectivity index (χ1n) is 20.6. The van der Waals surface area contributed by atoms with E-state index in [1.54, 1.807) is 0 Å². The van der Waals surface area contributed by atoms with Crippen LogP contribution in [0.2, 0.25) is 0 Å². The Morgan fingerprint density at radius 1 is 0.350 bits per heavy atom. The molecule has 0 bridgehead atoms. The van der Waals surface area contributed by atoms with E-state index < -0.39 is 0 Å². The Morgan fingerprint density at radius 2 is 1.00 bits per heavy atom. The summed E-state index contributed by atoms with van der Waals surface area (Å²) in [6.45, 7) is 0. The molecule has 14 aromatic rings. The summed E-state index contributed by atoms with van der Waals surface area (Å²) in [4.78, 5) is 10.5. The Labute approximate surface area is 343 Å². The third kappa shape index (κ3) is 4.19. The molecule has 60 heavy (non-hydrogen) atoms. The SMILES string of the molecule is c1ccc2cc(-c3nc(-c4ccc(-n5c6ccc7c(c8cccc9c%10ccccc%10n7c98)c6c6ccc7ccccc7c65)c5ccccc45)c4ccccc4n3)ccc2c1. The van der Waals surface area contributed by atoms with Gasteiger partial charge >= 0.3 is 0 Å². The predicted octanol–water partition coefficient (Wildman–Crippen LogP) is 14.7. The quantitative estimate of drug-likeness (QED) is 0.180. The molecule has 4 heteroatoms. The van der Waals surface area contributed by atoms with Crippen LogP contribution in [0.5, 0.6) is 0 Å². The maximum absolute atomic E-state index is 5.41. The van der Waals surface area contributed by atoms with Crippen LogP contribution in [-0.2, 0) is 0 Å². The first-order valence-corrected chi connectivity index (χ1v) is 20.6. The van der Waals surface area contributed by atoms with Crippen LogP contribution in [-0.4, -0.2) is 18.9 Å². The zero-order chi connectivity index (χ0) is 39.1. The summed E-state index contributed by atoms with van der Waals surface area (Å²) in [5.74, 6) is 0.721. The summed E-state index contributed by atoms with van der Waals surface area (Å²) in [6, 6.07) is 70.6. The summed E-state index contributed by atoms with van der Waals surface area (Å²) in [5.41, 5.74) is 11.3. The van der Waals surface area contributed by atoms with Crippen molar-refractivity contribution in [1.82, 2.24) is 18.9 Å². The van der Waals surface area contributed by atoms with Gasteiger partial charge in [0.2, 0.25) is 0 Å². The number of nitrogens with zero attached hydrogens (tertiary/aromatic N) is 4. The van der Waals surface area contributed by atoms with E-state index in [4.69, 9.17) is 9.97 Å². The molecular formula is C56H32N4. The number of rotatable bonds is 3. The van der Waals surface area contributed by atoms with Gasteiger partial charge in [0, 0.05) is 59.6 Å². The van der Waals surface area contributed by atoms with Crippen molar-refractivity contribution in [2.75, 3.05) is 0 Å². The van der Waals surface area contributed by atoms with E-state index in [9.17, 15) is 0 Å². The van der Waals surface area contributed by atoms with Gasteiger partial charge in [0.05, 0.1) is 44.5 Å². The van der Waals surface area contributed by atoms with Crippen molar-refractivity contribution in [3.05, 3.63) is 194 Å². The highest BCUT2D eigenvalue weighted by molar-refractivity contribution is 6.34. The minimum atomic E-state index is 0.721. The number of hydrogen-bond donors (Lipinski definition) is 0. The highest BCUT2D eigenvalue weighted by Crippen LogP contribution is 2.47. The van der Waals surface area contributed by atoms with Crippen LogP contribution in [0, 0.1) is 0 Å². The molecule has 4 aromatic heterocycles. The van der Waals surface area contributed by atoms with Gasteiger partial charge in [0.25, 0.3) is 0 Å². The molecule has 10 aromatic carbocycles. The van der Waals surface area contributed by atoms with Gasteiger partial charge in [0.15, 0.2) is 5.82 Å². The molecule has 0 radical (unpaired) electrons. The lowest BCUT2D eigenvalue weighted by atomic mass is 9.97. The van der Waals surface area contributed by atoms with Crippen molar-refractivity contribution in [3.8, 4) is 28.3 Å². The predicted molar refractivity (Wildman–Crippen MR) is 252 cm³/mol. The molecule has 0 aliphatic carbocycles. The second kappa shape index (κ2) is 11.8. The third-order valence-corrected chi connectivity index (χ3v) is 13.0. The molecule has 0 aliphatic heterocycles. The van der Waals surface area contributed by atoms with Crippen LogP contribution in [0.25, 0.3) is 131 Å². The first-order chi connectivity index (χ1) is 29.8. The van der Waals surface area contributed by atoms with Crippen LogP contribution in [0.1, 0.15) is 0 Å². The van der Waals surface area contributed by atoms with Gasteiger partial charge in [-0.25, -0.2) is 9.97 Å². The lowest BCUT2D eigenvalue weighted by molar-refractivity contribution is 1.20. The number of hydrogen-bond acceptors (Lipinski definition) is 2. The highest BCUT2D eigenvalue weighted by atomic mass is 15.0. The van der Waals surface area contributed by atoms with Gasteiger partial charge in [-0.2, -0.15) is 0 Å². The Hall–Kier alpha value is -8.08. The van der Waals surface area contributed by atoms with Crippen molar-refractivity contribution in [2.45, 2.75) is 0 Å². The number of para-hydroxylation sites is 3. The standard InChI is InChI=1S/C56H32N4/c1-2-14-35-32-36(25-24-33(35)12-1)56-57-46-22-9-7-19-43(46)53(58-56)41-28-29-48(39-17-6-5-16-38(39)41)60-50-31-30-49-51(52(50)45-27-26-34-13-3-4-15-37(34)54(45)60)44-21-11-20-42-40-18-8-10-23-47(40)59(49)55(42)44/h1-32H. The zero-order valence-electron chi connectivity index (χ0n) is 32.3. The smallest absolute Gasteiger partial charge is 0.160 e. The highest BCUT2D eigenvalue weighted by Gasteiger charge is 2.24. The molecule has 0 unspecified atom stereocenters. The lowest BCUT2D eigenvalue weighted by Crippen LogP contribution is -1.99. The molecule has 4 heterocycles. The fourth-order valence-corrected chi connectivity index (χ4v) is 10.5. The molecule has 0 saturated carbocycles. The maximum atomic E-state index is 5.41. The molecular weight excluding hydrogens is 729 g/mol. The van der Waals surface area contributed by atoms with Gasteiger partial charge in [-0.3, -0.25) is 0 Å². The van der Waals surface area contributed by atoms with Crippen molar-refractivity contribution in [1.29, 1.82) is 0 Å². The molecule has 0 N–H and O–H groups in total. The van der Waals surface area contributed by atoms with Crippen LogP contribution in [0.3, 0.4) is 0 Å². The normalized spacial score (nSPS) is 12.3. The molecule has 4 nitrogen and oxygen atoms in total. The van der Waals surface area contributed by atoms with E-state index >= 15 is 0 Å². The van der Waals surface area contributed by atoms with Gasteiger partial charge in [-0.05, 0) is 57.9 Å². The van der Waals surface area contributed by atoms with E-state index in [-0.39, 0.29) is 0 Å². The Morgan fingerprint density at radius 3 is 1.90 bits per heavy atom. The maximum Gasteiger partial charge on any atom is 0.160 e. The van der Waals surface area contributed by atoms with Crippen molar-refractivity contribution >= 4 is 103 Å². The van der Waals surface area contributed by atoms with Crippen molar-refractivity contribution < 1.29 is 0 Å².